The zero-order chi connectivity index (χ0) is 15.1. The van der Waals surface area contributed by atoms with E-state index >= 15 is 0 Å². The SMILES string of the molecule is COc1cc(N2C(=O)c3cccnc3C2=O)c(F)cc1Cl. The van der Waals surface area contributed by atoms with Gasteiger partial charge >= 0.3 is 0 Å². The van der Waals surface area contributed by atoms with E-state index < -0.39 is 17.6 Å². The van der Waals surface area contributed by atoms with Crippen molar-refractivity contribution in [2.75, 3.05) is 12.0 Å². The predicted octanol–water partition coefficient (Wildman–Crippen LogP) is 2.68. The summed E-state index contributed by atoms with van der Waals surface area (Å²) < 4.78 is 19.1. The second-order valence-corrected chi connectivity index (χ2v) is 4.69. The van der Waals surface area contributed by atoms with E-state index in [4.69, 9.17) is 16.3 Å². The van der Waals surface area contributed by atoms with Gasteiger partial charge in [0.1, 0.15) is 17.3 Å². The number of carbonyl (C=O) groups is 2. The van der Waals surface area contributed by atoms with Crippen LogP contribution in [-0.4, -0.2) is 23.9 Å². The van der Waals surface area contributed by atoms with Crippen LogP contribution in [0.5, 0.6) is 5.75 Å². The number of ether oxygens (including phenoxy) is 1. The topological polar surface area (TPSA) is 59.5 Å². The number of fused-ring (bicyclic) bond motifs is 1. The lowest BCUT2D eigenvalue weighted by Gasteiger charge is -2.16. The van der Waals surface area contributed by atoms with Crippen LogP contribution in [0.3, 0.4) is 0 Å². The monoisotopic (exact) mass is 306 g/mol. The summed E-state index contributed by atoms with van der Waals surface area (Å²) in [6.07, 6.45) is 1.40. The Bertz CT molecular complexity index is 744. The van der Waals surface area contributed by atoms with E-state index in [1.54, 1.807) is 0 Å². The van der Waals surface area contributed by atoms with E-state index in [9.17, 15) is 14.0 Å². The number of anilines is 1. The minimum absolute atomic E-state index is 0.00387. The number of imide groups is 1. The van der Waals surface area contributed by atoms with E-state index in [0.29, 0.717) is 0 Å². The van der Waals surface area contributed by atoms with Crippen molar-refractivity contribution >= 4 is 29.1 Å². The lowest BCUT2D eigenvalue weighted by molar-refractivity contribution is 0.0923. The molecule has 2 amide bonds. The summed E-state index contributed by atoms with van der Waals surface area (Å²) >= 11 is 5.80. The Balaban J connectivity index is 2.15. The Labute approximate surface area is 123 Å². The summed E-state index contributed by atoms with van der Waals surface area (Å²) in [5, 5.41) is 0.0495. The standard InChI is InChI=1S/C14H8ClFN2O3/c1-21-11-6-10(9(16)5-8(11)15)18-13(19)7-3-2-4-17-12(7)14(18)20/h2-6H,1H3. The number of hydrogen-bond acceptors (Lipinski definition) is 4. The first-order valence-electron chi connectivity index (χ1n) is 5.91. The van der Waals surface area contributed by atoms with Gasteiger partial charge in [-0.15, -0.1) is 0 Å². The van der Waals surface area contributed by atoms with Gasteiger partial charge in [0, 0.05) is 12.3 Å². The maximum atomic E-state index is 14.1. The maximum absolute atomic E-state index is 14.1. The summed E-state index contributed by atoms with van der Waals surface area (Å²) in [5.74, 6) is -1.95. The van der Waals surface area contributed by atoms with Gasteiger partial charge in [-0.3, -0.25) is 14.6 Å². The summed E-state index contributed by atoms with van der Waals surface area (Å²) in [4.78, 5) is 29.1. The summed E-state index contributed by atoms with van der Waals surface area (Å²) in [7, 11) is 1.35. The number of benzene rings is 1. The largest absolute Gasteiger partial charge is 0.495 e. The van der Waals surface area contributed by atoms with Gasteiger partial charge in [-0.25, -0.2) is 9.29 Å². The molecule has 7 heteroatoms. The van der Waals surface area contributed by atoms with Crippen molar-refractivity contribution in [1.82, 2.24) is 4.98 Å². The quantitative estimate of drug-likeness (QED) is 0.800. The molecule has 0 aliphatic carbocycles. The van der Waals surface area contributed by atoms with E-state index in [1.165, 1.54) is 31.5 Å². The van der Waals surface area contributed by atoms with Crippen LogP contribution in [0.1, 0.15) is 20.8 Å². The molecular formula is C14H8ClFN2O3. The molecule has 0 N–H and O–H groups in total. The summed E-state index contributed by atoms with van der Waals surface area (Å²) in [5.41, 5.74) is -0.0871. The first-order valence-corrected chi connectivity index (χ1v) is 6.29. The van der Waals surface area contributed by atoms with Gasteiger partial charge in [0.2, 0.25) is 0 Å². The van der Waals surface area contributed by atoms with Gasteiger partial charge in [0.15, 0.2) is 0 Å². The molecule has 1 aliphatic rings. The van der Waals surface area contributed by atoms with Crippen molar-refractivity contribution in [2.24, 2.45) is 0 Å². The van der Waals surface area contributed by atoms with Crippen molar-refractivity contribution in [3.63, 3.8) is 0 Å². The van der Waals surface area contributed by atoms with Crippen molar-refractivity contribution in [3.8, 4) is 5.75 Å². The average Bonchev–Trinajstić information content (AvgIpc) is 2.72. The minimum Gasteiger partial charge on any atom is -0.495 e. The molecule has 1 aromatic carbocycles. The molecule has 0 fully saturated rings. The van der Waals surface area contributed by atoms with E-state index in [2.05, 4.69) is 4.98 Å². The molecule has 0 bridgehead atoms. The lowest BCUT2D eigenvalue weighted by atomic mass is 10.2. The van der Waals surface area contributed by atoms with Gasteiger partial charge in [0.05, 0.1) is 23.4 Å². The number of hydrogen-bond donors (Lipinski definition) is 0. The van der Waals surface area contributed by atoms with Crippen LogP contribution >= 0.6 is 11.6 Å². The number of amides is 2. The Hall–Kier alpha value is -2.47. The van der Waals surface area contributed by atoms with Crippen LogP contribution in [0.15, 0.2) is 30.5 Å². The minimum atomic E-state index is -0.796. The van der Waals surface area contributed by atoms with Crippen LogP contribution in [0.2, 0.25) is 5.02 Å². The van der Waals surface area contributed by atoms with Crippen molar-refractivity contribution in [3.05, 3.63) is 52.6 Å². The number of pyridine rings is 1. The molecule has 0 spiro atoms. The number of methoxy groups -OCH3 is 1. The Morgan fingerprint density at radius 1 is 1.29 bits per heavy atom. The molecule has 1 aliphatic heterocycles. The molecular weight excluding hydrogens is 299 g/mol. The fourth-order valence-corrected chi connectivity index (χ4v) is 2.36. The molecule has 21 heavy (non-hydrogen) atoms. The van der Waals surface area contributed by atoms with E-state index in [-0.39, 0.29) is 27.7 Å². The normalized spacial score (nSPS) is 13.6. The van der Waals surface area contributed by atoms with Gasteiger partial charge in [-0.2, -0.15) is 0 Å². The molecule has 1 aromatic heterocycles. The second-order valence-electron chi connectivity index (χ2n) is 4.28. The predicted molar refractivity (Wildman–Crippen MR) is 73.3 cm³/mol. The molecule has 2 aromatic rings. The molecule has 5 nitrogen and oxygen atoms in total. The van der Waals surface area contributed by atoms with Crippen LogP contribution in [0.4, 0.5) is 10.1 Å². The number of rotatable bonds is 2. The van der Waals surface area contributed by atoms with E-state index in [0.717, 1.165) is 11.0 Å². The number of halogens is 2. The van der Waals surface area contributed by atoms with Crippen molar-refractivity contribution in [1.29, 1.82) is 0 Å². The average molecular weight is 307 g/mol. The number of carbonyl (C=O) groups excluding carboxylic acids is 2. The molecule has 2 heterocycles. The highest BCUT2D eigenvalue weighted by Gasteiger charge is 2.39. The fraction of sp³-hybridized carbons (Fsp3) is 0.0714. The van der Waals surface area contributed by atoms with Crippen LogP contribution in [0.25, 0.3) is 0 Å². The zero-order valence-electron chi connectivity index (χ0n) is 10.8. The Morgan fingerprint density at radius 2 is 2.05 bits per heavy atom. The lowest BCUT2D eigenvalue weighted by Crippen LogP contribution is -2.30. The highest BCUT2D eigenvalue weighted by molar-refractivity contribution is 6.34. The van der Waals surface area contributed by atoms with Crippen LogP contribution in [0, 0.1) is 5.82 Å². The van der Waals surface area contributed by atoms with E-state index in [1.807, 2.05) is 0 Å². The third kappa shape index (κ3) is 1.95. The zero-order valence-corrected chi connectivity index (χ0v) is 11.5. The molecule has 106 valence electrons. The van der Waals surface area contributed by atoms with Crippen LogP contribution < -0.4 is 9.64 Å². The Kier molecular flexibility index (Phi) is 3.10. The van der Waals surface area contributed by atoms with Gasteiger partial charge in [-0.1, -0.05) is 11.6 Å². The molecule has 0 saturated heterocycles. The second kappa shape index (κ2) is 4.82. The molecule has 0 unspecified atom stereocenters. The maximum Gasteiger partial charge on any atom is 0.284 e. The fourth-order valence-electron chi connectivity index (χ4n) is 2.13. The van der Waals surface area contributed by atoms with Crippen LogP contribution in [-0.2, 0) is 0 Å². The third-order valence-corrected chi connectivity index (χ3v) is 3.40. The van der Waals surface area contributed by atoms with Gasteiger partial charge < -0.3 is 4.74 Å². The van der Waals surface area contributed by atoms with Crippen molar-refractivity contribution < 1.29 is 18.7 Å². The molecule has 0 radical (unpaired) electrons. The van der Waals surface area contributed by atoms with Gasteiger partial charge in [-0.05, 0) is 18.2 Å². The number of nitrogens with zero attached hydrogens (tertiary/aromatic N) is 2. The Morgan fingerprint density at radius 3 is 2.71 bits per heavy atom. The highest BCUT2D eigenvalue weighted by Crippen LogP contribution is 2.35. The summed E-state index contributed by atoms with van der Waals surface area (Å²) in [6.45, 7) is 0. The van der Waals surface area contributed by atoms with Crippen molar-refractivity contribution in [2.45, 2.75) is 0 Å². The smallest absolute Gasteiger partial charge is 0.284 e. The van der Waals surface area contributed by atoms with Gasteiger partial charge in [0.25, 0.3) is 11.8 Å². The molecule has 0 atom stereocenters. The first-order chi connectivity index (χ1) is 10.0. The molecule has 3 rings (SSSR count). The summed E-state index contributed by atoms with van der Waals surface area (Å²) in [6, 6.07) is 5.20. The highest BCUT2D eigenvalue weighted by atomic mass is 35.5. The molecule has 0 saturated carbocycles. The number of aromatic nitrogens is 1. The first kappa shape index (κ1) is 13.5. The third-order valence-electron chi connectivity index (χ3n) is 3.11.